The first-order chi connectivity index (χ1) is 7.92. The van der Waals surface area contributed by atoms with Crippen molar-refractivity contribution in [1.82, 2.24) is 15.5 Å². The summed E-state index contributed by atoms with van der Waals surface area (Å²) < 4.78 is 10.6. The Morgan fingerprint density at radius 2 is 2.38 bits per heavy atom. The van der Waals surface area contributed by atoms with Gasteiger partial charge in [-0.3, -0.25) is 0 Å². The quantitative estimate of drug-likeness (QED) is 0.830. The molecule has 1 N–H and O–H groups in total. The molecule has 2 aliphatic heterocycles. The number of aromatic nitrogens is 2. The van der Waals surface area contributed by atoms with E-state index in [-0.39, 0.29) is 6.04 Å². The SMILES string of the molecule is C1CNC(c2nc(CC3CCOC3)no2)C1. The number of nitrogens with zero attached hydrogens (tertiary/aromatic N) is 2. The highest BCUT2D eigenvalue weighted by atomic mass is 16.5. The van der Waals surface area contributed by atoms with E-state index in [0.717, 1.165) is 50.7 Å². The zero-order valence-electron chi connectivity index (χ0n) is 9.32. The molecule has 0 aromatic carbocycles. The lowest BCUT2D eigenvalue weighted by Gasteiger charge is -2.02. The van der Waals surface area contributed by atoms with Crippen LogP contribution < -0.4 is 5.32 Å². The molecule has 5 heteroatoms. The van der Waals surface area contributed by atoms with E-state index in [9.17, 15) is 0 Å². The van der Waals surface area contributed by atoms with Gasteiger partial charge in [-0.25, -0.2) is 0 Å². The molecule has 16 heavy (non-hydrogen) atoms. The van der Waals surface area contributed by atoms with Gasteiger partial charge in [0.2, 0.25) is 5.89 Å². The number of ether oxygens (including phenoxy) is 1. The lowest BCUT2D eigenvalue weighted by molar-refractivity contribution is 0.185. The second kappa shape index (κ2) is 4.51. The maximum absolute atomic E-state index is 5.34. The first-order valence-electron chi connectivity index (χ1n) is 6.05. The van der Waals surface area contributed by atoms with Crippen molar-refractivity contribution in [3.05, 3.63) is 11.7 Å². The third kappa shape index (κ3) is 2.10. The molecule has 2 unspecified atom stereocenters. The second-order valence-corrected chi connectivity index (χ2v) is 4.63. The molecule has 2 atom stereocenters. The largest absolute Gasteiger partial charge is 0.381 e. The zero-order chi connectivity index (χ0) is 10.8. The van der Waals surface area contributed by atoms with Crippen LogP contribution in [0.15, 0.2) is 4.52 Å². The third-order valence-corrected chi connectivity index (χ3v) is 3.34. The van der Waals surface area contributed by atoms with E-state index in [1.165, 1.54) is 6.42 Å². The maximum Gasteiger partial charge on any atom is 0.243 e. The van der Waals surface area contributed by atoms with Gasteiger partial charge < -0.3 is 14.6 Å². The lowest BCUT2D eigenvalue weighted by Crippen LogP contribution is -2.13. The molecule has 3 rings (SSSR count). The maximum atomic E-state index is 5.34. The van der Waals surface area contributed by atoms with Crippen molar-refractivity contribution in [2.75, 3.05) is 19.8 Å². The molecular formula is C11H17N3O2. The van der Waals surface area contributed by atoms with Crippen molar-refractivity contribution >= 4 is 0 Å². The van der Waals surface area contributed by atoms with Crippen molar-refractivity contribution in [2.45, 2.75) is 31.7 Å². The Kier molecular flexibility index (Phi) is 2.88. The van der Waals surface area contributed by atoms with Gasteiger partial charge in [-0.2, -0.15) is 4.98 Å². The van der Waals surface area contributed by atoms with Crippen molar-refractivity contribution in [3.8, 4) is 0 Å². The highest BCUT2D eigenvalue weighted by molar-refractivity contribution is 4.96. The smallest absolute Gasteiger partial charge is 0.243 e. The minimum atomic E-state index is 0.279. The van der Waals surface area contributed by atoms with Crippen molar-refractivity contribution in [3.63, 3.8) is 0 Å². The van der Waals surface area contributed by atoms with Crippen molar-refractivity contribution < 1.29 is 9.26 Å². The number of rotatable bonds is 3. The molecule has 2 fully saturated rings. The van der Waals surface area contributed by atoms with E-state index >= 15 is 0 Å². The standard InChI is InChI=1S/C11H17N3O2/c1-2-9(12-4-1)11-13-10(14-16-11)6-8-3-5-15-7-8/h8-9,12H,1-7H2. The molecule has 0 bridgehead atoms. The lowest BCUT2D eigenvalue weighted by atomic mass is 10.1. The fourth-order valence-electron chi connectivity index (χ4n) is 2.39. The van der Waals surface area contributed by atoms with Gasteiger partial charge in [-0.05, 0) is 31.7 Å². The summed E-state index contributed by atoms with van der Waals surface area (Å²) >= 11 is 0. The summed E-state index contributed by atoms with van der Waals surface area (Å²) in [6.45, 7) is 2.77. The molecule has 0 radical (unpaired) electrons. The monoisotopic (exact) mass is 223 g/mol. The molecule has 0 aliphatic carbocycles. The average molecular weight is 223 g/mol. The number of hydrogen-bond donors (Lipinski definition) is 1. The molecule has 2 aliphatic rings. The molecule has 1 aromatic rings. The van der Waals surface area contributed by atoms with Gasteiger partial charge in [-0.1, -0.05) is 5.16 Å². The first kappa shape index (κ1) is 10.2. The van der Waals surface area contributed by atoms with Crippen LogP contribution in [0.25, 0.3) is 0 Å². The Balaban J connectivity index is 1.62. The molecule has 0 amide bonds. The Labute approximate surface area is 94.6 Å². The molecule has 3 heterocycles. The van der Waals surface area contributed by atoms with Crippen LogP contribution in [-0.4, -0.2) is 29.9 Å². The van der Waals surface area contributed by atoms with E-state index < -0.39 is 0 Å². The normalized spacial score (nSPS) is 30.0. The van der Waals surface area contributed by atoms with Crippen LogP contribution in [0.2, 0.25) is 0 Å². The Morgan fingerprint density at radius 3 is 3.12 bits per heavy atom. The van der Waals surface area contributed by atoms with E-state index in [2.05, 4.69) is 15.5 Å². The van der Waals surface area contributed by atoms with E-state index in [0.29, 0.717) is 5.92 Å². The molecule has 2 saturated heterocycles. The van der Waals surface area contributed by atoms with Crippen LogP contribution in [0.1, 0.15) is 37.0 Å². The van der Waals surface area contributed by atoms with E-state index in [1.54, 1.807) is 0 Å². The van der Waals surface area contributed by atoms with Crippen molar-refractivity contribution in [2.24, 2.45) is 5.92 Å². The first-order valence-corrected chi connectivity index (χ1v) is 6.05. The molecule has 0 saturated carbocycles. The summed E-state index contributed by atoms with van der Waals surface area (Å²) in [5.74, 6) is 2.16. The van der Waals surface area contributed by atoms with Gasteiger partial charge in [0, 0.05) is 19.6 Å². The Morgan fingerprint density at radius 1 is 1.38 bits per heavy atom. The van der Waals surface area contributed by atoms with Crippen LogP contribution in [0.4, 0.5) is 0 Å². The predicted molar refractivity (Wildman–Crippen MR) is 56.9 cm³/mol. The van der Waals surface area contributed by atoms with Gasteiger partial charge in [0.25, 0.3) is 0 Å². The van der Waals surface area contributed by atoms with E-state index in [1.807, 2.05) is 0 Å². The molecular weight excluding hydrogens is 206 g/mol. The summed E-state index contributed by atoms with van der Waals surface area (Å²) in [5.41, 5.74) is 0. The molecule has 88 valence electrons. The van der Waals surface area contributed by atoms with Crippen LogP contribution >= 0.6 is 0 Å². The minimum Gasteiger partial charge on any atom is -0.381 e. The van der Waals surface area contributed by atoms with Crippen LogP contribution in [0.3, 0.4) is 0 Å². The zero-order valence-corrected chi connectivity index (χ0v) is 9.32. The molecule has 1 aromatic heterocycles. The summed E-state index contributed by atoms with van der Waals surface area (Å²) in [6.07, 6.45) is 4.30. The minimum absolute atomic E-state index is 0.279. The summed E-state index contributed by atoms with van der Waals surface area (Å²) in [6, 6.07) is 0.279. The Bertz CT molecular complexity index is 341. The highest BCUT2D eigenvalue weighted by Crippen LogP contribution is 2.22. The van der Waals surface area contributed by atoms with Crippen LogP contribution in [0.5, 0.6) is 0 Å². The van der Waals surface area contributed by atoms with Crippen LogP contribution in [-0.2, 0) is 11.2 Å². The van der Waals surface area contributed by atoms with Gasteiger partial charge in [0.1, 0.15) is 0 Å². The highest BCUT2D eigenvalue weighted by Gasteiger charge is 2.24. The molecule has 0 spiro atoms. The van der Waals surface area contributed by atoms with Crippen LogP contribution in [0, 0.1) is 5.92 Å². The second-order valence-electron chi connectivity index (χ2n) is 4.63. The fourth-order valence-corrected chi connectivity index (χ4v) is 2.39. The number of hydrogen-bond acceptors (Lipinski definition) is 5. The third-order valence-electron chi connectivity index (χ3n) is 3.34. The number of nitrogens with one attached hydrogen (secondary N) is 1. The predicted octanol–water partition coefficient (Wildman–Crippen LogP) is 1.07. The topological polar surface area (TPSA) is 60.2 Å². The van der Waals surface area contributed by atoms with Gasteiger partial charge in [0.05, 0.1) is 6.04 Å². The van der Waals surface area contributed by atoms with Gasteiger partial charge in [-0.15, -0.1) is 0 Å². The fraction of sp³-hybridized carbons (Fsp3) is 0.818. The molecule has 5 nitrogen and oxygen atoms in total. The summed E-state index contributed by atoms with van der Waals surface area (Å²) in [7, 11) is 0. The summed E-state index contributed by atoms with van der Waals surface area (Å²) in [5, 5.41) is 7.40. The summed E-state index contributed by atoms with van der Waals surface area (Å²) in [4.78, 5) is 4.46. The van der Waals surface area contributed by atoms with Crippen molar-refractivity contribution in [1.29, 1.82) is 0 Å². The van der Waals surface area contributed by atoms with Gasteiger partial charge >= 0.3 is 0 Å². The Hall–Kier alpha value is -0.940. The van der Waals surface area contributed by atoms with Gasteiger partial charge in [0.15, 0.2) is 5.82 Å². The van der Waals surface area contributed by atoms with E-state index in [4.69, 9.17) is 9.26 Å². The average Bonchev–Trinajstić information content (AvgIpc) is 2.99.